The van der Waals surface area contributed by atoms with Crippen LogP contribution in [-0.4, -0.2) is 28.8 Å². The summed E-state index contributed by atoms with van der Waals surface area (Å²) in [6.45, 7) is 2.84. The fraction of sp³-hybridized carbons (Fsp3) is 0.600. The molecule has 0 aliphatic carbocycles. The van der Waals surface area contributed by atoms with E-state index in [1.54, 1.807) is 6.92 Å². The summed E-state index contributed by atoms with van der Waals surface area (Å²) in [6.07, 6.45) is -1.27. The number of carbonyl (C=O) groups is 2. The zero-order valence-corrected chi connectivity index (χ0v) is 5.83. The van der Waals surface area contributed by atoms with Gasteiger partial charge in [-0.05, 0) is 6.92 Å². The van der Waals surface area contributed by atoms with Crippen molar-refractivity contribution in [2.45, 2.75) is 13.8 Å². The van der Waals surface area contributed by atoms with Gasteiger partial charge in [0.2, 0.25) is 0 Å². The van der Waals surface area contributed by atoms with Crippen LogP contribution >= 0.6 is 0 Å². The molecule has 0 unspecified atom stereocenters. The van der Waals surface area contributed by atoms with Crippen molar-refractivity contribution in [1.82, 2.24) is 5.06 Å². The van der Waals surface area contributed by atoms with E-state index in [0.717, 1.165) is 6.92 Å². The molecular formula is C5H9NO4. The highest BCUT2D eigenvalue weighted by Crippen LogP contribution is 1.90. The number of nitrogens with zero attached hydrogens (tertiary/aromatic N) is 1. The van der Waals surface area contributed by atoms with E-state index in [1.807, 2.05) is 0 Å². The number of hydrogen-bond acceptors (Lipinski definition) is 3. The van der Waals surface area contributed by atoms with Crippen molar-refractivity contribution < 1.29 is 19.5 Å². The first-order valence-electron chi connectivity index (χ1n) is 2.77. The van der Waals surface area contributed by atoms with Gasteiger partial charge in [0.25, 0.3) is 0 Å². The van der Waals surface area contributed by atoms with E-state index in [9.17, 15) is 9.59 Å². The Morgan fingerprint density at radius 2 is 2.10 bits per heavy atom. The minimum Gasteiger partial charge on any atom is -0.463 e. The molecule has 0 saturated carbocycles. The van der Waals surface area contributed by atoms with Crippen LogP contribution in [0.3, 0.4) is 0 Å². The first-order valence-corrected chi connectivity index (χ1v) is 2.77. The molecule has 0 saturated heterocycles. The van der Waals surface area contributed by atoms with E-state index < -0.39 is 12.1 Å². The Balaban J connectivity index is 3.83. The first kappa shape index (κ1) is 8.74. The highest BCUT2D eigenvalue weighted by atomic mass is 16.7. The lowest BCUT2D eigenvalue weighted by atomic mass is 10.7. The van der Waals surface area contributed by atoms with E-state index in [1.165, 1.54) is 0 Å². The number of amides is 1. The minimum absolute atomic E-state index is 0.134. The first-order chi connectivity index (χ1) is 4.57. The molecule has 0 aromatic heterocycles. The topological polar surface area (TPSA) is 66.8 Å². The maximum Gasteiger partial charge on any atom is 0.440 e. The molecule has 5 heteroatoms. The molecule has 0 atom stereocenters. The molecule has 0 aliphatic rings. The Bertz CT molecular complexity index is 145. The van der Waals surface area contributed by atoms with Crippen molar-refractivity contribution in [2.24, 2.45) is 0 Å². The van der Waals surface area contributed by atoms with Crippen LogP contribution in [0.1, 0.15) is 13.8 Å². The number of hydrogen-bond donors (Lipinski definition) is 1. The van der Waals surface area contributed by atoms with Crippen LogP contribution < -0.4 is 0 Å². The Kier molecular flexibility index (Phi) is 3.24. The molecular weight excluding hydrogens is 138 g/mol. The third-order valence-corrected chi connectivity index (χ3v) is 0.739. The largest absolute Gasteiger partial charge is 0.463 e. The fourth-order valence-corrected chi connectivity index (χ4v) is 0.394. The second-order valence-corrected chi connectivity index (χ2v) is 1.56. The SMILES string of the molecule is CCN(OC(C)=O)C(=O)O. The van der Waals surface area contributed by atoms with Crippen LogP contribution in [0.4, 0.5) is 4.79 Å². The Hall–Kier alpha value is -1.26. The van der Waals surface area contributed by atoms with Crippen LogP contribution in [0.25, 0.3) is 0 Å². The number of hydroxylamine groups is 2. The highest BCUT2D eigenvalue weighted by Gasteiger charge is 2.11. The quantitative estimate of drug-likeness (QED) is 0.547. The maximum absolute atomic E-state index is 10.2. The van der Waals surface area contributed by atoms with Crippen LogP contribution in [0.5, 0.6) is 0 Å². The van der Waals surface area contributed by atoms with Gasteiger partial charge in [-0.2, -0.15) is 0 Å². The summed E-state index contributed by atoms with van der Waals surface area (Å²) in [4.78, 5) is 24.6. The number of rotatable bonds is 1. The predicted octanol–water partition coefficient (Wildman–Crippen LogP) is 0.464. The van der Waals surface area contributed by atoms with Gasteiger partial charge >= 0.3 is 12.1 Å². The van der Waals surface area contributed by atoms with E-state index in [-0.39, 0.29) is 6.54 Å². The summed E-state index contributed by atoms with van der Waals surface area (Å²) in [5.74, 6) is -0.635. The molecule has 0 aromatic carbocycles. The molecule has 0 radical (unpaired) electrons. The molecule has 0 spiro atoms. The predicted molar refractivity (Wildman–Crippen MR) is 32.2 cm³/mol. The zero-order chi connectivity index (χ0) is 8.15. The summed E-state index contributed by atoms with van der Waals surface area (Å²) in [5.41, 5.74) is 0. The van der Waals surface area contributed by atoms with E-state index in [2.05, 4.69) is 4.84 Å². The van der Waals surface area contributed by atoms with Crippen molar-refractivity contribution in [1.29, 1.82) is 0 Å². The normalized spacial score (nSPS) is 8.60. The van der Waals surface area contributed by atoms with Gasteiger partial charge in [0, 0.05) is 6.92 Å². The lowest BCUT2D eigenvalue weighted by molar-refractivity contribution is -0.176. The van der Waals surface area contributed by atoms with Crippen molar-refractivity contribution in [3.63, 3.8) is 0 Å². The van der Waals surface area contributed by atoms with Crippen LogP contribution in [-0.2, 0) is 9.63 Å². The van der Waals surface area contributed by atoms with Gasteiger partial charge in [-0.25, -0.2) is 4.79 Å². The smallest absolute Gasteiger partial charge is 0.440 e. The summed E-state index contributed by atoms with van der Waals surface area (Å²) < 4.78 is 0. The fourth-order valence-electron chi connectivity index (χ4n) is 0.394. The standard InChI is InChI=1S/C5H9NO4/c1-3-6(5(8)9)10-4(2)7/h3H2,1-2H3,(H,8,9). The van der Waals surface area contributed by atoms with Crippen LogP contribution in [0.2, 0.25) is 0 Å². The average molecular weight is 147 g/mol. The van der Waals surface area contributed by atoms with E-state index in [4.69, 9.17) is 5.11 Å². The average Bonchev–Trinajstić information content (AvgIpc) is 1.81. The van der Waals surface area contributed by atoms with Gasteiger partial charge in [0.15, 0.2) is 0 Å². The van der Waals surface area contributed by atoms with Crippen LogP contribution in [0.15, 0.2) is 0 Å². The van der Waals surface area contributed by atoms with Gasteiger partial charge in [0.1, 0.15) is 0 Å². The van der Waals surface area contributed by atoms with Crippen molar-refractivity contribution in [2.75, 3.05) is 6.54 Å². The third kappa shape index (κ3) is 2.91. The highest BCUT2D eigenvalue weighted by molar-refractivity contribution is 5.70. The molecule has 10 heavy (non-hydrogen) atoms. The number of carbonyl (C=O) groups excluding carboxylic acids is 1. The molecule has 0 rings (SSSR count). The van der Waals surface area contributed by atoms with Gasteiger partial charge in [-0.3, -0.25) is 4.79 Å². The third-order valence-electron chi connectivity index (χ3n) is 0.739. The molecule has 0 aliphatic heterocycles. The van der Waals surface area contributed by atoms with Crippen molar-refractivity contribution in [3.05, 3.63) is 0 Å². The zero-order valence-electron chi connectivity index (χ0n) is 5.83. The molecule has 5 nitrogen and oxygen atoms in total. The molecule has 0 heterocycles. The summed E-state index contributed by atoms with van der Waals surface area (Å²) in [7, 11) is 0. The second-order valence-electron chi connectivity index (χ2n) is 1.56. The molecule has 0 bridgehead atoms. The van der Waals surface area contributed by atoms with Gasteiger partial charge in [0.05, 0.1) is 6.54 Å². The van der Waals surface area contributed by atoms with Gasteiger partial charge in [-0.15, -0.1) is 5.06 Å². The number of carboxylic acid groups (broad SMARTS) is 1. The molecule has 0 fully saturated rings. The second kappa shape index (κ2) is 3.71. The lowest BCUT2D eigenvalue weighted by Gasteiger charge is -2.13. The maximum atomic E-state index is 10.2. The molecule has 0 aromatic rings. The Morgan fingerprint density at radius 1 is 1.60 bits per heavy atom. The Morgan fingerprint density at radius 3 is 2.20 bits per heavy atom. The van der Waals surface area contributed by atoms with Gasteiger partial charge < -0.3 is 9.94 Å². The summed E-state index contributed by atoms with van der Waals surface area (Å²) in [5, 5.41) is 8.83. The lowest BCUT2D eigenvalue weighted by Crippen LogP contribution is -2.31. The summed E-state index contributed by atoms with van der Waals surface area (Å²) >= 11 is 0. The van der Waals surface area contributed by atoms with Gasteiger partial charge in [-0.1, -0.05) is 0 Å². The Labute approximate surface area is 58.1 Å². The molecule has 1 amide bonds. The van der Waals surface area contributed by atoms with Crippen molar-refractivity contribution in [3.8, 4) is 0 Å². The van der Waals surface area contributed by atoms with E-state index >= 15 is 0 Å². The molecule has 1 N–H and O–H groups in total. The summed E-state index contributed by atoms with van der Waals surface area (Å²) in [6, 6.07) is 0. The minimum atomic E-state index is -1.27. The molecule has 58 valence electrons. The van der Waals surface area contributed by atoms with Crippen LogP contribution in [0, 0.1) is 0 Å². The van der Waals surface area contributed by atoms with E-state index in [0.29, 0.717) is 5.06 Å². The monoisotopic (exact) mass is 147 g/mol. The van der Waals surface area contributed by atoms with Crippen molar-refractivity contribution >= 4 is 12.1 Å².